The van der Waals surface area contributed by atoms with Crippen molar-refractivity contribution in [1.82, 2.24) is 4.98 Å². The lowest BCUT2D eigenvalue weighted by Crippen LogP contribution is -2.63. The number of oxime groups is 1. The molecule has 0 bridgehead atoms. The van der Waals surface area contributed by atoms with E-state index in [-0.39, 0.29) is 5.92 Å². The molecule has 2 aliphatic heterocycles. The van der Waals surface area contributed by atoms with E-state index in [1.165, 1.54) is 47.0 Å². The summed E-state index contributed by atoms with van der Waals surface area (Å²) in [6.07, 6.45) is 2.39. The van der Waals surface area contributed by atoms with Crippen molar-refractivity contribution in [2.24, 2.45) is 10.6 Å². The van der Waals surface area contributed by atoms with Crippen LogP contribution in [0.4, 0.5) is 5.69 Å². The summed E-state index contributed by atoms with van der Waals surface area (Å²) >= 11 is 2.07. The molecule has 1 spiro atoms. The fourth-order valence-electron chi connectivity index (χ4n) is 4.96. The molecule has 3 aromatic rings. The number of anilines is 1. The Morgan fingerprint density at radius 2 is 1.84 bits per heavy atom. The van der Waals surface area contributed by atoms with Crippen LogP contribution in [0.3, 0.4) is 0 Å². The molecular weight excluding hydrogens is 414 g/mol. The quantitative estimate of drug-likeness (QED) is 0.304. The molecular formula is C27H29N3OS. The normalized spacial score (nSPS) is 18.2. The lowest BCUT2D eigenvalue weighted by Gasteiger charge is -2.56. The van der Waals surface area contributed by atoms with Crippen molar-refractivity contribution in [3.8, 4) is 0 Å². The summed E-state index contributed by atoms with van der Waals surface area (Å²) in [6, 6.07) is 21.4. The van der Waals surface area contributed by atoms with Gasteiger partial charge in [-0.3, -0.25) is 4.98 Å². The lowest BCUT2D eigenvalue weighted by molar-refractivity contribution is 0.273. The van der Waals surface area contributed by atoms with Crippen LogP contribution < -0.4 is 4.90 Å². The molecule has 0 amide bonds. The molecule has 3 heterocycles. The first kappa shape index (κ1) is 21.1. The third-order valence-electron chi connectivity index (χ3n) is 6.84. The highest BCUT2D eigenvalue weighted by Gasteiger charge is 2.48. The van der Waals surface area contributed by atoms with Crippen LogP contribution in [0.25, 0.3) is 0 Å². The third kappa shape index (κ3) is 4.02. The van der Waals surface area contributed by atoms with E-state index in [2.05, 4.69) is 82.3 Å². The van der Waals surface area contributed by atoms with Crippen LogP contribution in [0.1, 0.15) is 40.3 Å². The minimum Gasteiger partial charge on any atom is -0.411 e. The molecule has 32 heavy (non-hydrogen) atoms. The van der Waals surface area contributed by atoms with Crippen molar-refractivity contribution < 1.29 is 5.21 Å². The Morgan fingerprint density at radius 1 is 1.09 bits per heavy atom. The van der Waals surface area contributed by atoms with Gasteiger partial charge in [-0.1, -0.05) is 41.6 Å². The molecule has 5 rings (SSSR count). The summed E-state index contributed by atoms with van der Waals surface area (Å²) in [4.78, 5) is 6.78. The highest BCUT2D eigenvalue weighted by molar-refractivity contribution is 8.00. The molecule has 164 valence electrons. The molecule has 2 fully saturated rings. The Kier molecular flexibility index (Phi) is 5.68. The summed E-state index contributed by atoms with van der Waals surface area (Å²) in [5.41, 5.74) is 8.16. The highest BCUT2D eigenvalue weighted by atomic mass is 32.2. The van der Waals surface area contributed by atoms with Gasteiger partial charge in [0, 0.05) is 65.5 Å². The van der Waals surface area contributed by atoms with E-state index in [1.54, 1.807) is 6.20 Å². The Morgan fingerprint density at radius 3 is 2.47 bits per heavy atom. The molecule has 1 N–H and O–H groups in total. The van der Waals surface area contributed by atoms with Crippen molar-refractivity contribution in [3.63, 3.8) is 0 Å². The summed E-state index contributed by atoms with van der Waals surface area (Å²) in [6.45, 7) is 6.48. The summed E-state index contributed by atoms with van der Waals surface area (Å²) in [5.74, 6) is 2.74. The monoisotopic (exact) mass is 443 g/mol. The number of nitrogens with zero attached hydrogens (tertiary/aromatic N) is 3. The highest BCUT2D eigenvalue weighted by Crippen LogP contribution is 2.47. The fraction of sp³-hybridized carbons (Fsp3) is 0.333. The van der Waals surface area contributed by atoms with Gasteiger partial charge in [0.15, 0.2) is 0 Å². The number of hydrogen-bond donors (Lipinski definition) is 1. The van der Waals surface area contributed by atoms with Crippen LogP contribution in [-0.4, -0.2) is 40.5 Å². The maximum absolute atomic E-state index is 9.88. The van der Waals surface area contributed by atoms with Crippen LogP contribution >= 0.6 is 11.8 Å². The van der Waals surface area contributed by atoms with Gasteiger partial charge in [0.05, 0.1) is 5.71 Å². The van der Waals surface area contributed by atoms with E-state index in [1.807, 2.05) is 19.1 Å². The Balaban J connectivity index is 1.43. The SMILES string of the molecule is Cc1cc(C(C[C@H](c2ccc(N3CC4(CSC4)C3)cc2)c2ccccc2C)=NO)ccn1. The van der Waals surface area contributed by atoms with Crippen molar-refractivity contribution in [2.75, 3.05) is 29.5 Å². The molecule has 5 heteroatoms. The van der Waals surface area contributed by atoms with Crippen LogP contribution in [0.5, 0.6) is 0 Å². The molecule has 1 aromatic heterocycles. The number of hydrogen-bond acceptors (Lipinski definition) is 5. The minimum absolute atomic E-state index is 0.107. The molecule has 2 saturated heterocycles. The van der Waals surface area contributed by atoms with E-state index >= 15 is 0 Å². The van der Waals surface area contributed by atoms with Crippen molar-refractivity contribution in [3.05, 3.63) is 94.8 Å². The smallest absolute Gasteiger partial charge is 0.0878 e. The Hall–Kier alpha value is -2.79. The van der Waals surface area contributed by atoms with Gasteiger partial charge >= 0.3 is 0 Å². The van der Waals surface area contributed by atoms with E-state index in [9.17, 15) is 5.21 Å². The van der Waals surface area contributed by atoms with Gasteiger partial charge in [-0.05, 0) is 54.8 Å². The van der Waals surface area contributed by atoms with Crippen molar-refractivity contribution in [2.45, 2.75) is 26.2 Å². The van der Waals surface area contributed by atoms with Gasteiger partial charge in [-0.2, -0.15) is 11.8 Å². The van der Waals surface area contributed by atoms with Gasteiger partial charge in [-0.25, -0.2) is 0 Å². The number of rotatable bonds is 6. The minimum atomic E-state index is 0.107. The van der Waals surface area contributed by atoms with E-state index in [4.69, 9.17) is 0 Å². The Labute approximate surface area is 194 Å². The average molecular weight is 444 g/mol. The van der Waals surface area contributed by atoms with Crippen LogP contribution in [0.15, 0.2) is 72.0 Å². The second-order valence-electron chi connectivity index (χ2n) is 9.29. The number of aromatic nitrogens is 1. The van der Waals surface area contributed by atoms with Crippen LogP contribution in [-0.2, 0) is 0 Å². The molecule has 2 aromatic carbocycles. The molecule has 0 aliphatic carbocycles. The maximum atomic E-state index is 9.88. The first-order valence-electron chi connectivity index (χ1n) is 11.2. The van der Waals surface area contributed by atoms with Gasteiger partial charge in [0.25, 0.3) is 0 Å². The first-order valence-corrected chi connectivity index (χ1v) is 12.3. The molecule has 0 saturated carbocycles. The molecule has 2 aliphatic rings. The van der Waals surface area contributed by atoms with Gasteiger partial charge < -0.3 is 10.1 Å². The maximum Gasteiger partial charge on any atom is 0.0878 e. The summed E-state index contributed by atoms with van der Waals surface area (Å²) < 4.78 is 0. The molecule has 4 nitrogen and oxygen atoms in total. The van der Waals surface area contributed by atoms with Gasteiger partial charge in [0.2, 0.25) is 0 Å². The number of aryl methyl sites for hydroxylation is 2. The zero-order chi connectivity index (χ0) is 22.1. The molecule has 1 atom stereocenters. The first-order chi connectivity index (χ1) is 15.6. The third-order valence-corrected chi connectivity index (χ3v) is 8.47. The predicted molar refractivity (Wildman–Crippen MR) is 133 cm³/mol. The molecule has 0 radical (unpaired) electrons. The number of pyridine rings is 1. The summed E-state index contributed by atoms with van der Waals surface area (Å²) in [7, 11) is 0. The zero-order valence-corrected chi connectivity index (χ0v) is 19.5. The zero-order valence-electron chi connectivity index (χ0n) is 18.7. The van der Waals surface area contributed by atoms with Crippen molar-refractivity contribution in [1.29, 1.82) is 0 Å². The lowest BCUT2D eigenvalue weighted by atomic mass is 9.81. The fourth-order valence-corrected chi connectivity index (χ4v) is 6.10. The Bertz CT molecular complexity index is 1130. The topological polar surface area (TPSA) is 48.7 Å². The average Bonchev–Trinajstić information content (AvgIpc) is 2.74. The van der Waals surface area contributed by atoms with E-state index in [0.29, 0.717) is 17.5 Å². The number of benzene rings is 2. The van der Waals surface area contributed by atoms with Gasteiger partial charge in [0.1, 0.15) is 0 Å². The van der Waals surface area contributed by atoms with Gasteiger partial charge in [-0.15, -0.1) is 0 Å². The largest absolute Gasteiger partial charge is 0.411 e. The standard InChI is InChI=1S/C27H29N3OS/c1-19-5-3-4-6-24(19)25(14-26(29-31)22-11-12-28-20(2)13-22)21-7-9-23(10-8-21)30-15-27(16-30)17-32-18-27/h3-13,25,31H,14-18H2,1-2H3/t25-/m1/s1. The van der Waals surface area contributed by atoms with Crippen LogP contribution in [0, 0.1) is 19.3 Å². The predicted octanol–water partition coefficient (Wildman–Crippen LogP) is 5.65. The van der Waals surface area contributed by atoms with E-state index in [0.717, 1.165) is 11.3 Å². The second-order valence-corrected chi connectivity index (χ2v) is 10.3. The summed E-state index contributed by atoms with van der Waals surface area (Å²) in [5, 5.41) is 13.6. The second kappa shape index (κ2) is 8.62. The van der Waals surface area contributed by atoms with Crippen molar-refractivity contribution >= 4 is 23.2 Å². The number of thioether (sulfide) groups is 1. The van der Waals surface area contributed by atoms with Crippen LogP contribution in [0.2, 0.25) is 0 Å². The molecule has 0 unspecified atom stereocenters. The van der Waals surface area contributed by atoms with E-state index < -0.39 is 0 Å².